The molecular formula is C26H26N2O4S. The van der Waals surface area contributed by atoms with Gasteiger partial charge in [-0.1, -0.05) is 42.5 Å². The largest absolute Gasteiger partial charge is 0.497 e. The van der Waals surface area contributed by atoms with Crippen molar-refractivity contribution < 1.29 is 19.1 Å². The fourth-order valence-corrected chi connectivity index (χ4v) is 4.99. The van der Waals surface area contributed by atoms with Gasteiger partial charge in [-0.3, -0.25) is 9.59 Å². The molecule has 1 heterocycles. The number of hydrogen-bond acceptors (Lipinski definition) is 5. The predicted molar refractivity (Wildman–Crippen MR) is 131 cm³/mol. The van der Waals surface area contributed by atoms with Crippen LogP contribution in [0.3, 0.4) is 0 Å². The van der Waals surface area contributed by atoms with Gasteiger partial charge in [0.15, 0.2) is 0 Å². The van der Waals surface area contributed by atoms with Crippen LogP contribution in [0, 0.1) is 0 Å². The van der Waals surface area contributed by atoms with Crippen LogP contribution in [0.5, 0.6) is 11.5 Å². The van der Waals surface area contributed by atoms with Crippen LogP contribution in [0.1, 0.15) is 26.9 Å². The van der Waals surface area contributed by atoms with Crippen molar-refractivity contribution in [1.29, 1.82) is 0 Å². The molecule has 1 N–H and O–H groups in total. The van der Waals surface area contributed by atoms with E-state index >= 15 is 0 Å². The second kappa shape index (κ2) is 10.4. The number of carbonyl (C=O) groups is 2. The number of anilines is 1. The zero-order valence-electron chi connectivity index (χ0n) is 18.6. The second-order valence-electron chi connectivity index (χ2n) is 7.63. The number of thioether (sulfide) groups is 1. The number of amides is 2. The van der Waals surface area contributed by atoms with Crippen LogP contribution in [-0.4, -0.2) is 43.2 Å². The fraction of sp³-hybridized carbons (Fsp3) is 0.231. The van der Waals surface area contributed by atoms with E-state index in [0.717, 1.165) is 12.0 Å². The lowest BCUT2D eigenvalue weighted by molar-refractivity contribution is -0.128. The van der Waals surface area contributed by atoms with E-state index < -0.39 is 0 Å². The van der Waals surface area contributed by atoms with E-state index in [1.807, 2.05) is 35.2 Å². The van der Waals surface area contributed by atoms with Crippen molar-refractivity contribution in [3.8, 4) is 11.5 Å². The van der Waals surface area contributed by atoms with Crippen molar-refractivity contribution in [2.75, 3.05) is 31.8 Å². The number of rotatable bonds is 8. The number of methoxy groups -OCH3 is 2. The molecule has 3 aromatic carbocycles. The molecule has 1 aliphatic rings. The first-order valence-electron chi connectivity index (χ1n) is 10.7. The SMILES string of the molecule is COc1ccc(OC)c(NC(=O)c2ccc([C@H]3SCC(=O)N3CCc3ccccc3)cc2)c1. The van der Waals surface area contributed by atoms with Gasteiger partial charge < -0.3 is 19.7 Å². The van der Waals surface area contributed by atoms with Crippen LogP contribution < -0.4 is 14.8 Å². The van der Waals surface area contributed by atoms with Gasteiger partial charge in [-0.25, -0.2) is 0 Å². The summed E-state index contributed by atoms with van der Waals surface area (Å²) in [5.41, 5.74) is 3.28. The molecule has 1 aliphatic heterocycles. The van der Waals surface area contributed by atoms with E-state index in [1.165, 1.54) is 5.56 Å². The lowest BCUT2D eigenvalue weighted by atomic mass is 10.1. The van der Waals surface area contributed by atoms with E-state index in [9.17, 15) is 9.59 Å². The molecule has 0 bridgehead atoms. The maximum atomic E-state index is 12.8. The minimum atomic E-state index is -0.246. The summed E-state index contributed by atoms with van der Waals surface area (Å²) in [6.07, 6.45) is 0.812. The van der Waals surface area contributed by atoms with E-state index in [1.54, 1.807) is 56.3 Å². The van der Waals surface area contributed by atoms with Gasteiger partial charge in [-0.2, -0.15) is 0 Å². The van der Waals surface area contributed by atoms with E-state index in [0.29, 0.717) is 35.0 Å². The Balaban J connectivity index is 1.45. The van der Waals surface area contributed by atoms with Gasteiger partial charge in [0, 0.05) is 18.2 Å². The van der Waals surface area contributed by atoms with Crippen molar-refractivity contribution in [2.24, 2.45) is 0 Å². The molecular weight excluding hydrogens is 436 g/mol. The van der Waals surface area contributed by atoms with Crippen LogP contribution in [-0.2, 0) is 11.2 Å². The zero-order valence-corrected chi connectivity index (χ0v) is 19.4. The number of carbonyl (C=O) groups excluding carboxylic acids is 2. The van der Waals surface area contributed by atoms with Gasteiger partial charge in [-0.15, -0.1) is 11.8 Å². The van der Waals surface area contributed by atoms with E-state index in [2.05, 4.69) is 17.4 Å². The Morgan fingerprint density at radius 2 is 1.79 bits per heavy atom. The van der Waals surface area contributed by atoms with Crippen LogP contribution in [0.4, 0.5) is 5.69 Å². The smallest absolute Gasteiger partial charge is 0.255 e. The lowest BCUT2D eigenvalue weighted by Crippen LogP contribution is -2.30. The summed E-state index contributed by atoms with van der Waals surface area (Å²) < 4.78 is 10.6. The van der Waals surface area contributed by atoms with Crippen molar-refractivity contribution in [2.45, 2.75) is 11.8 Å². The molecule has 33 heavy (non-hydrogen) atoms. The van der Waals surface area contributed by atoms with Gasteiger partial charge >= 0.3 is 0 Å². The molecule has 1 saturated heterocycles. The summed E-state index contributed by atoms with van der Waals surface area (Å²) in [6.45, 7) is 0.665. The number of nitrogens with one attached hydrogen (secondary N) is 1. The topological polar surface area (TPSA) is 67.9 Å². The minimum Gasteiger partial charge on any atom is -0.497 e. The van der Waals surface area contributed by atoms with Gasteiger partial charge in [0.25, 0.3) is 5.91 Å². The molecule has 1 atom stereocenters. The van der Waals surface area contributed by atoms with Crippen LogP contribution in [0.15, 0.2) is 72.8 Å². The molecule has 0 aromatic heterocycles. The lowest BCUT2D eigenvalue weighted by Gasteiger charge is -2.24. The zero-order chi connectivity index (χ0) is 23.2. The van der Waals surface area contributed by atoms with E-state index in [4.69, 9.17) is 9.47 Å². The average molecular weight is 463 g/mol. The number of benzene rings is 3. The van der Waals surface area contributed by atoms with Crippen molar-refractivity contribution in [3.05, 3.63) is 89.5 Å². The second-order valence-corrected chi connectivity index (χ2v) is 8.70. The first kappa shape index (κ1) is 22.7. The maximum absolute atomic E-state index is 12.8. The third-order valence-corrected chi connectivity index (χ3v) is 6.82. The Morgan fingerprint density at radius 3 is 2.48 bits per heavy atom. The highest BCUT2D eigenvalue weighted by Crippen LogP contribution is 2.38. The van der Waals surface area contributed by atoms with Gasteiger partial charge in [0.2, 0.25) is 5.91 Å². The number of nitrogens with zero attached hydrogens (tertiary/aromatic N) is 1. The highest BCUT2D eigenvalue weighted by Gasteiger charge is 2.32. The average Bonchev–Trinajstić information content (AvgIpc) is 3.23. The molecule has 3 aromatic rings. The molecule has 0 unspecified atom stereocenters. The Hall–Kier alpha value is -3.45. The molecule has 0 aliphatic carbocycles. The molecule has 6 nitrogen and oxygen atoms in total. The van der Waals surface area contributed by atoms with Crippen LogP contribution in [0.25, 0.3) is 0 Å². The molecule has 7 heteroatoms. The third kappa shape index (κ3) is 5.31. The summed E-state index contributed by atoms with van der Waals surface area (Å²) in [6, 6.07) is 22.8. The Bertz CT molecular complexity index is 1120. The number of ether oxygens (including phenoxy) is 2. The normalized spacial score (nSPS) is 15.4. The van der Waals surface area contributed by atoms with Crippen molar-refractivity contribution >= 4 is 29.3 Å². The monoisotopic (exact) mass is 462 g/mol. The minimum absolute atomic E-state index is 0.0446. The predicted octanol–water partition coefficient (Wildman–Crippen LogP) is 4.77. The van der Waals surface area contributed by atoms with Gasteiger partial charge in [0.05, 0.1) is 25.7 Å². The van der Waals surface area contributed by atoms with Gasteiger partial charge in [-0.05, 0) is 41.8 Å². The molecule has 4 rings (SSSR count). The fourth-order valence-electron chi connectivity index (χ4n) is 3.77. The molecule has 0 spiro atoms. The molecule has 170 valence electrons. The van der Waals surface area contributed by atoms with Gasteiger partial charge in [0.1, 0.15) is 16.9 Å². The molecule has 2 amide bonds. The Kier molecular flexibility index (Phi) is 7.19. The standard InChI is InChI=1S/C26H26N2O4S/c1-31-21-12-13-23(32-2)22(16-21)27-25(30)19-8-10-20(11-9-19)26-28(24(29)17-33-26)15-14-18-6-4-3-5-7-18/h3-13,16,26H,14-15,17H2,1-2H3,(H,27,30)/t26-/m1/s1. The molecule has 1 fully saturated rings. The highest BCUT2D eigenvalue weighted by molar-refractivity contribution is 8.00. The van der Waals surface area contributed by atoms with Crippen molar-refractivity contribution in [1.82, 2.24) is 4.90 Å². The van der Waals surface area contributed by atoms with Crippen LogP contribution >= 0.6 is 11.8 Å². The Morgan fingerprint density at radius 1 is 1.03 bits per heavy atom. The summed E-state index contributed by atoms with van der Waals surface area (Å²) in [4.78, 5) is 27.2. The van der Waals surface area contributed by atoms with E-state index in [-0.39, 0.29) is 17.2 Å². The van der Waals surface area contributed by atoms with Crippen LogP contribution in [0.2, 0.25) is 0 Å². The van der Waals surface area contributed by atoms with Crippen molar-refractivity contribution in [3.63, 3.8) is 0 Å². The Labute approximate surface area is 197 Å². The maximum Gasteiger partial charge on any atom is 0.255 e. The summed E-state index contributed by atoms with van der Waals surface area (Å²) in [5.74, 6) is 1.55. The first-order valence-corrected chi connectivity index (χ1v) is 11.7. The number of hydrogen-bond donors (Lipinski definition) is 1. The summed E-state index contributed by atoms with van der Waals surface area (Å²) >= 11 is 1.62. The summed E-state index contributed by atoms with van der Waals surface area (Å²) in [7, 11) is 3.12. The quantitative estimate of drug-likeness (QED) is 0.522. The molecule has 0 saturated carbocycles. The summed E-state index contributed by atoms with van der Waals surface area (Å²) in [5, 5.41) is 2.84. The molecule has 0 radical (unpaired) electrons. The third-order valence-electron chi connectivity index (χ3n) is 5.57. The first-order chi connectivity index (χ1) is 16.1. The highest BCUT2D eigenvalue weighted by atomic mass is 32.2.